The van der Waals surface area contributed by atoms with E-state index in [4.69, 9.17) is 4.74 Å². The van der Waals surface area contributed by atoms with Gasteiger partial charge in [-0.05, 0) is 42.8 Å². The van der Waals surface area contributed by atoms with Crippen LogP contribution in [0.4, 0.5) is 10.1 Å². The number of benzene rings is 4. The van der Waals surface area contributed by atoms with Crippen molar-refractivity contribution in [3.8, 4) is 5.75 Å². The maximum absolute atomic E-state index is 14.9. The Morgan fingerprint density at radius 2 is 1.58 bits per heavy atom. The van der Waals surface area contributed by atoms with Gasteiger partial charge >= 0.3 is 0 Å². The van der Waals surface area contributed by atoms with Crippen LogP contribution in [0, 0.1) is 12.7 Å². The van der Waals surface area contributed by atoms with Crippen molar-refractivity contribution in [2.75, 3.05) is 25.0 Å². The highest BCUT2D eigenvalue weighted by Crippen LogP contribution is 2.28. The van der Waals surface area contributed by atoms with Crippen LogP contribution in [-0.2, 0) is 32.6 Å². The number of nitrogens with zero attached hydrogens (tertiary/aromatic N) is 2. The van der Waals surface area contributed by atoms with Gasteiger partial charge in [-0.3, -0.25) is 13.9 Å². The minimum atomic E-state index is -4.26. The van der Waals surface area contributed by atoms with Crippen LogP contribution in [0.25, 0.3) is 0 Å². The van der Waals surface area contributed by atoms with Crippen molar-refractivity contribution in [2.24, 2.45) is 0 Å². The van der Waals surface area contributed by atoms with Crippen molar-refractivity contribution in [1.82, 2.24) is 10.2 Å². The summed E-state index contributed by atoms with van der Waals surface area (Å²) < 4.78 is 49.3. The van der Waals surface area contributed by atoms with E-state index in [1.165, 1.54) is 55.5 Å². The fraction of sp³-hybridized carbons (Fsp3) is 0.212. The molecule has 4 aromatic carbocycles. The van der Waals surface area contributed by atoms with Gasteiger partial charge in [0.1, 0.15) is 24.2 Å². The van der Waals surface area contributed by atoms with Crippen LogP contribution in [-0.4, -0.2) is 51.9 Å². The molecule has 2 amide bonds. The molecule has 0 unspecified atom stereocenters. The van der Waals surface area contributed by atoms with E-state index in [-0.39, 0.29) is 29.1 Å². The molecular weight excluding hydrogens is 569 g/mol. The first kappa shape index (κ1) is 31.2. The molecule has 0 bridgehead atoms. The molecule has 10 heteroatoms. The number of anilines is 1. The Morgan fingerprint density at radius 3 is 2.23 bits per heavy atom. The summed E-state index contributed by atoms with van der Waals surface area (Å²) >= 11 is 0. The third kappa shape index (κ3) is 7.58. The molecule has 8 nitrogen and oxygen atoms in total. The zero-order chi connectivity index (χ0) is 31.0. The first-order valence-electron chi connectivity index (χ1n) is 13.7. The van der Waals surface area contributed by atoms with Crippen LogP contribution in [0.5, 0.6) is 5.75 Å². The van der Waals surface area contributed by atoms with Gasteiger partial charge in [-0.1, -0.05) is 72.3 Å². The van der Waals surface area contributed by atoms with Gasteiger partial charge in [-0.15, -0.1) is 0 Å². The van der Waals surface area contributed by atoms with E-state index in [2.05, 4.69) is 5.32 Å². The maximum Gasteiger partial charge on any atom is 0.264 e. The summed E-state index contributed by atoms with van der Waals surface area (Å²) in [6, 6.07) is 26.7. The Balaban J connectivity index is 1.81. The van der Waals surface area contributed by atoms with E-state index in [0.717, 1.165) is 15.4 Å². The van der Waals surface area contributed by atoms with Gasteiger partial charge in [0.15, 0.2) is 0 Å². The lowest BCUT2D eigenvalue weighted by atomic mass is 10.0. The average molecular weight is 604 g/mol. The van der Waals surface area contributed by atoms with Crippen molar-refractivity contribution < 1.29 is 27.1 Å². The summed E-state index contributed by atoms with van der Waals surface area (Å²) in [5.41, 5.74) is 2.03. The molecule has 0 heterocycles. The Morgan fingerprint density at radius 1 is 0.907 bits per heavy atom. The van der Waals surface area contributed by atoms with E-state index in [1.807, 2.05) is 37.3 Å². The number of aryl methyl sites for hydroxylation is 1. The molecule has 1 N–H and O–H groups in total. The van der Waals surface area contributed by atoms with Gasteiger partial charge < -0.3 is 15.0 Å². The van der Waals surface area contributed by atoms with Gasteiger partial charge in [0.05, 0.1) is 17.7 Å². The molecule has 0 saturated heterocycles. The number of likely N-dealkylation sites (N-methyl/N-ethyl adjacent to an activating group) is 1. The quantitative estimate of drug-likeness (QED) is 0.253. The molecule has 0 radical (unpaired) electrons. The Labute approximate surface area is 251 Å². The first-order chi connectivity index (χ1) is 20.6. The number of amides is 2. The molecule has 1 atom stereocenters. The number of ether oxygens (including phenoxy) is 1. The molecule has 4 aromatic rings. The van der Waals surface area contributed by atoms with E-state index < -0.39 is 40.2 Å². The van der Waals surface area contributed by atoms with Crippen LogP contribution >= 0.6 is 0 Å². The third-order valence-electron chi connectivity index (χ3n) is 7.05. The molecule has 0 aliphatic rings. The largest absolute Gasteiger partial charge is 0.497 e. The Kier molecular flexibility index (Phi) is 10.2. The average Bonchev–Trinajstić information content (AvgIpc) is 3.02. The van der Waals surface area contributed by atoms with Gasteiger partial charge in [0.25, 0.3) is 10.0 Å². The minimum Gasteiger partial charge on any atom is -0.497 e. The summed E-state index contributed by atoms with van der Waals surface area (Å²) in [6.07, 6.45) is 0.130. The molecular formula is C33H34FN3O5S. The standard InChI is InChI=1S/C33H34FN3O5S/c1-24-16-18-29(19-17-24)43(40,41)37(27-13-9-14-28(21-27)42-3)23-32(38)36(22-26-12-7-8-15-30(26)34)31(33(39)35-2)20-25-10-5-4-6-11-25/h4-19,21,31H,20,22-23H2,1-3H3,(H,35,39)/t31-/m1/s1. The predicted molar refractivity (Wildman–Crippen MR) is 164 cm³/mol. The molecule has 43 heavy (non-hydrogen) atoms. The highest BCUT2D eigenvalue weighted by molar-refractivity contribution is 7.92. The topological polar surface area (TPSA) is 96.0 Å². The van der Waals surface area contributed by atoms with Crippen LogP contribution in [0.1, 0.15) is 16.7 Å². The molecule has 0 aromatic heterocycles. The van der Waals surface area contributed by atoms with Gasteiger partial charge in [-0.25, -0.2) is 12.8 Å². The zero-order valence-corrected chi connectivity index (χ0v) is 25.1. The van der Waals surface area contributed by atoms with Crippen molar-refractivity contribution in [3.05, 3.63) is 126 Å². The summed E-state index contributed by atoms with van der Waals surface area (Å²) in [5.74, 6) is -1.31. The number of methoxy groups -OCH3 is 1. The number of hydrogen-bond donors (Lipinski definition) is 1. The molecule has 0 aliphatic carbocycles. The minimum absolute atomic E-state index is 0.0125. The molecule has 0 spiro atoms. The van der Waals surface area contributed by atoms with E-state index >= 15 is 0 Å². The van der Waals surface area contributed by atoms with Crippen LogP contribution in [0.15, 0.2) is 108 Å². The lowest BCUT2D eigenvalue weighted by molar-refractivity contribution is -0.139. The Hall–Kier alpha value is -4.70. The monoisotopic (exact) mass is 603 g/mol. The van der Waals surface area contributed by atoms with E-state index in [1.54, 1.807) is 36.4 Å². The van der Waals surface area contributed by atoms with Crippen LogP contribution in [0.3, 0.4) is 0 Å². The lowest BCUT2D eigenvalue weighted by Gasteiger charge is -2.33. The first-order valence-corrected chi connectivity index (χ1v) is 15.1. The molecule has 224 valence electrons. The Bertz CT molecular complexity index is 1660. The summed E-state index contributed by atoms with van der Waals surface area (Å²) in [6.45, 7) is 0.930. The predicted octanol–water partition coefficient (Wildman–Crippen LogP) is 4.72. The second-order valence-electron chi connectivity index (χ2n) is 9.96. The third-order valence-corrected chi connectivity index (χ3v) is 8.83. The van der Waals surface area contributed by atoms with Gasteiger partial charge in [0, 0.05) is 31.6 Å². The number of rotatable bonds is 12. The lowest BCUT2D eigenvalue weighted by Crippen LogP contribution is -2.53. The maximum atomic E-state index is 14.9. The fourth-order valence-electron chi connectivity index (χ4n) is 4.66. The van der Waals surface area contributed by atoms with Gasteiger partial charge in [-0.2, -0.15) is 0 Å². The molecule has 0 fully saturated rings. The van der Waals surface area contributed by atoms with E-state index in [9.17, 15) is 22.4 Å². The second-order valence-corrected chi connectivity index (χ2v) is 11.8. The number of sulfonamides is 1. The number of carbonyl (C=O) groups is 2. The van der Waals surface area contributed by atoms with Crippen LogP contribution < -0.4 is 14.4 Å². The second kappa shape index (κ2) is 14.0. The molecule has 0 saturated carbocycles. The molecule has 4 rings (SSSR count). The highest BCUT2D eigenvalue weighted by atomic mass is 32.2. The summed E-state index contributed by atoms with van der Waals surface area (Å²) in [5, 5.41) is 2.61. The number of halogens is 1. The SMILES string of the molecule is CNC(=O)[C@@H](Cc1ccccc1)N(Cc1ccccc1F)C(=O)CN(c1cccc(OC)c1)S(=O)(=O)c1ccc(C)cc1. The smallest absolute Gasteiger partial charge is 0.264 e. The fourth-order valence-corrected chi connectivity index (χ4v) is 6.07. The number of hydrogen-bond acceptors (Lipinski definition) is 5. The van der Waals surface area contributed by atoms with E-state index in [0.29, 0.717) is 5.75 Å². The van der Waals surface area contributed by atoms with Crippen molar-refractivity contribution >= 4 is 27.5 Å². The van der Waals surface area contributed by atoms with Crippen molar-refractivity contribution in [3.63, 3.8) is 0 Å². The highest BCUT2D eigenvalue weighted by Gasteiger charge is 2.34. The normalized spacial score (nSPS) is 11.8. The van der Waals surface area contributed by atoms with Crippen molar-refractivity contribution in [1.29, 1.82) is 0 Å². The van der Waals surface area contributed by atoms with Gasteiger partial charge in [0.2, 0.25) is 11.8 Å². The number of carbonyl (C=O) groups excluding carboxylic acids is 2. The van der Waals surface area contributed by atoms with Crippen LogP contribution in [0.2, 0.25) is 0 Å². The number of nitrogens with one attached hydrogen (secondary N) is 1. The molecule has 0 aliphatic heterocycles. The summed E-state index contributed by atoms with van der Waals surface area (Å²) in [4.78, 5) is 28.8. The summed E-state index contributed by atoms with van der Waals surface area (Å²) in [7, 11) is -1.35. The van der Waals surface area contributed by atoms with Crippen molar-refractivity contribution in [2.45, 2.75) is 30.8 Å². The zero-order valence-electron chi connectivity index (χ0n) is 24.2.